The van der Waals surface area contributed by atoms with Gasteiger partial charge in [-0.3, -0.25) is 4.79 Å². The van der Waals surface area contributed by atoms with Crippen LogP contribution in [0.4, 0.5) is 0 Å². The fourth-order valence-electron chi connectivity index (χ4n) is 2.44. The van der Waals surface area contributed by atoms with E-state index in [0.29, 0.717) is 6.61 Å². The summed E-state index contributed by atoms with van der Waals surface area (Å²) in [6, 6.07) is 6.26. The van der Waals surface area contributed by atoms with Crippen LogP contribution in [0.15, 0.2) is 18.2 Å². The second kappa shape index (κ2) is 6.29. The molecule has 0 fully saturated rings. The number of benzene rings is 1. The predicted octanol–water partition coefficient (Wildman–Crippen LogP) is 3.68. The Morgan fingerprint density at radius 1 is 1.15 bits per heavy atom. The van der Waals surface area contributed by atoms with Crippen molar-refractivity contribution in [1.29, 1.82) is 0 Å². The lowest BCUT2D eigenvalue weighted by Gasteiger charge is -2.19. The number of carbonyl (C=O) groups excluding carboxylic acids is 1. The summed E-state index contributed by atoms with van der Waals surface area (Å²) in [7, 11) is 0. The minimum absolute atomic E-state index is 0.213. The molecule has 0 unspecified atom stereocenters. The van der Waals surface area contributed by atoms with Gasteiger partial charge < -0.3 is 9.47 Å². The smallest absolute Gasteiger partial charge is 0.309 e. The average molecular weight is 276 g/mol. The van der Waals surface area contributed by atoms with Crippen molar-refractivity contribution in [3.8, 4) is 5.75 Å². The van der Waals surface area contributed by atoms with Gasteiger partial charge in [-0.25, -0.2) is 0 Å². The second-order valence-corrected chi connectivity index (χ2v) is 6.32. The Labute approximate surface area is 121 Å². The van der Waals surface area contributed by atoms with Gasteiger partial charge in [0.1, 0.15) is 11.4 Å². The third-order valence-corrected chi connectivity index (χ3v) is 3.31. The molecule has 2 rings (SSSR count). The molecule has 0 aromatic heterocycles. The monoisotopic (exact) mass is 276 g/mol. The van der Waals surface area contributed by atoms with Crippen LogP contribution in [0.3, 0.4) is 0 Å². The second-order valence-electron chi connectivity index (χ2n) is 6.32. The molecular weight excluding hydrogens is 252 g/mol. The molecule has 0 amide bonds. The minimum Gasteiger partial charge on any atom is -0.493 e. The maximum absolute atomic E-state index is 11.6. The Morgan fingerprint density at radius 3 is 2.55 bits per heavy atom. The highest BCUT2D eigenvalue weighted by molar-refractivity contribution is 5.69. The molecule has 0 saturated carbocycles. The predicted molar refractivity (Wildman–Crippen MR) is 79.0 cm³/mol. The number of rotatable bonds is 4. The van der Waals surface area contributed by atoms with Crippen LogP contribution >= 0.6 is 0 Å². The van der Waals surface area contributed by atoms with Crippen LogP contribution < -0.4 is 4.74 Å². The van der Waals surface area contributed by atoms with Gasteiger partial charge in [0.05, 0.1) is 13.0 Å². The van der Waals surface area contributed by atoms with Gasteiger partial charge in [0.2, 0.25) is 0 Å². The molecule has 0 spiro atoms. The Hall–Kier alpha value is -1.51. The van der Waals surface area contributed by atoms with E-state index in [1.807, 2.05) is 26.8 Å². The lowest BCUT2D eigenvalue weighted by atomic mass is 9.92. The molecule has 0 bridgehead atoms. The molecule has 0 atom stereocenters. The summed E-state index contributed by atoms with van der Waals surface area (Å²) in [6.07, 6.45) is 5.14. The highest BCUT2D eigenvalue weighted by Gasteiger charge is 2.16. The topological polar surface area (TPSA) is 35.5 Å². The Balaban J connectivity index is 1.81. The molecule has 3 nitrogen and oxygen atoms in total. The Kier molecular flexibility index (Phi) is 4.69. The van der Waals surface area contributed by atoms with E-state index < -0.39 is 5.60 Å². The van der Waals surface area contributed by atoms with Gasteiger partial charge in [-0.05, 0) is 69.7 Å². The molecule has 3 heteroatoms. The minimum atomic E-state index is -0.428. The van der Waals surface area contributed by atoms with Crippen LogP contribution in [0.1, 0.15) is 51.2 Å². The lowest BCUT2D eigenvalue weighted by Crippen LogP contribution is -2.24. The molecule has 1 aliphatic rings. The van der Waals surface area contributed by atoms with Crippen LogP contribution in [0, 0.1) is 0 Å². The maximum Gasteiger partial charge on any atom is 0.309 e. The molecule has 0 radical (unpaired) electrons. The molecule has 0 N–H and O–H groups in total. The summed E-state index contributed by atoms with van der Waals surface area (Å²) < 4.78 is 10.9. The van der Waals surface area contributed by atoms with E-state index in [1.54, 1.807) is 0 Å². The van der Waals surface area contributed by atoms with E-state index >= 15 is 0 Å². The first-order valence-electron chi connectivity index (χ1n) is 7.40. The fraction of sp³-hybridized carbons (Fsp3) is 0.588. The van der Waals surface area contributed by atoms with Gasteiger partial charge in [-0.2, -0.15) is 0 Å². The van der Waals surface area contributed by atoms with Crippen molar-refractivity contribution in [2.24, 2.45) is 0 Å². The normalized spacial score (nSPS) is 14.6. The summed E-state index contributed by atoms with van der Waals surface area (Å²) >= 11 is 0. The van der Waals surface area contributed by atoms with Gasteiger partial charge in [-0.15, -0.1) is 0 Å². The highest BCUT2D eigenvalue weighted by atomic mass is 16.6. The highest BCUT2D eigenvalue weighted by Crippen LogP contribution is 2.25. The van der Waals surface area contributed by atoms with Crippen molar-refractivity contribution in [2.75, 3.05) is 6.61 Å². The number of hydrogen-bond acceptors (Lipinski definition) is 3. The summed E-state index contributed by atoms with van der Waals surface area (Å²) in [6.45, 7) is 5.98. The van der Waals surface area contributed by atoms with Crippen molar-refractivity contribution >= 4 is 5.97 Å². The number of fused-ring (bicyclic) bond motifs is 1. The first kappa shape index (κ1) is 14.9. The van der Waals surface area contributed by atoms with Crippen LogP contribution in [0.5, 0.6) is 5.75 Å². The number of aryl methyl sites for hydroxylation is 2. The molecule has 1 aromatic carbocycles. The van der Waals surface area contributed by atoms with Crippen LogP contribution in [-0.2, 0) is 22.4 Å². The van der Waals surface area contributed by atoms with Gasteiger partial charge in [0.15, 0.2) is 0 Å². The number of hydrogen-bond donors (Lipinski definition) is 0. The summed E-state index contributed by atoms with van der Waals surface area (Å²) in [5.41, 5.74) is 2.41. The van der Waals surface area contributed by atoms with Crippen molar-refractivity contribution in [2.45, 2.75) is 58.5 Å². The molecule has 1 aliphatic carbocycles. The van der Waals surface area contributed by atoms with E-state index in [-0.39, 0.29) is 12.4 Å². The van der Waals surface area contributed by atoms with Crippen LogP contribution in [0.2, 0.25) is 0 Å². The fourth-order valence-corrected chi connectivity index (χ4v) is 2.44. The van der Waals surface area contributed by atoms with Crippen LogP contribution in [0.25, 0.3) is 0 Å². The first-order chi connectivity index (χ1) is 9.44. The number of carbonyl (C=O) groups is 1. The van der Waals surface area contributed by atoms with Gasteiger partial charge in [0, 0.05) is 0 Å². The zero-order valence-electron chi connectivity index (χ0n) is 12.7. The molecule has 0 heterocycles. The van der Waals surface area contributed by atoms with E-state index in [0.717, 1.165) is 12.2 Å². The molecule has 0 saturated heterocycles. The first-order valence-corrected chi connectivity index (χ1v) is 7.40. The quantitative estimate of drug-likeness (QED) is 0.787. The van der Waals surface area contributed by atoms with E-state index in [1.165, 1.54) is 30.4 Å². The van der Waals surface area contributed by atoms with E-state index in [9.17, 15) is 4.79 Å². The third-order valence-electron chi connectivity index (χ3n) is 3.31. The van der Waals surface area contributed by atoms with E-state index in [2.05, 4.69) is 12.1 Å². The van der Waals surface area contributed by atoms with Crippen LogP contribution in [-0.4, -0.2) is 18.2 Å². The molecular formula is C17H24O3. The number of esters is 1. The van der Waals surface area contributed by atoms with Crippen molar-refractivity contribution < 1.29 is 14.3 Å². The molecule has 110 valence electrons. The number of ether oxygens (including phenoxy) is 2. The van der Waals surface area contributed by atoms with Crippen molar-refractivity contribution in [3.05, 3.63) is 29.3 Å². The zero-order valence-corrected chi connectivity index (χ0v) is 12.7. The Bertz CT molecular complexity index is 472. The Morgan fingerprint density at radius 2 is 1.85 bits per heavy atom. The summed E-state index contributed by atoms with van der Waals surface area (Å²) in [4.78, 5) is 11.6. The third kappa shape index (κ3) is 4.55. The molecule has 1 aromatic rings. The lowest BCUT2D eigenvalue weighted by molar-refractivity contribution is -0.155. The van der Waals surface area contributed by atoms with Gasteiger partial charge >= 0.3 is 5.97 Å². The SMILES string of the molecule is CC(C)(C)OC(=O)CCOc1ccc2c(c1)CCCC2. The zero-order chi connectivity index (χ0) is 14.6. The maximum atomic E-state index is 11.6. The largest absolute Gasteiger partial charge is 0.493 e. The van der Waals surface area contributed by atoms with Crippen molar-refractivity contribution in [1.82, 2.24) is 0 Å². The van der Waals surface area contributed by atoms with Crippen molar-refractivity contribution in [3.63, 3.8) is 0 Å². The van der Waals surface area contributed by atoms with Gasteiger partial charge in [0.25, 0.3) is 0 Å². The summed E-state index contributed by atoms with van der Waals surface area (Å²) in [5, 5.41) is 0. The molecule has 0 aliphatic heterocycles. The average Bonchev–Trinajstić information content (AvgIpc) is 2.36. The van der Waals surface area contributed by atoms with E-state index in [4.69, 9.17) is 9.47 Å². The standard InChI is InChI=1S/C17H24O3/c1-17(2,3)20-16(18)10-11-19-15-9-8-13-6-4-5-7-14(13)12-15/h8-9,12H,4-7,10-11H2,1-3H3. The summed E-state index contributed by atoms with van der Waals surface area (Å²) in [5.74, 6) is 0.643. The molecule has 20 heavy (non-hydrogen) atoms. The van der Waals surface area contributed by atoms with Gasteiger partial charge in [-0.1, -0.05) is 6.07 Å².